The van der Waals surface area contributed by atoms with E-state index in [1.54, 1.807) is 6.92 Å². The van der Waals surface area contributed by atoms with Crippen molar-refractivity contribution in [2.45, 2.75) is 26.8 Å². The van der Waals surface area contributed by atoms with Crippen molar-refractivity contribution in [1.29, 1.82) is 0 Å². The molecule has 1 N–H and O–H groups in total. The molecule has 0 fully saturated rings. The van der Waals surface area contributed by atoms with Gasteiger partial charge in [0.15, 0.2) is 5.82 Å². The zero-order valence-corrected chi connectivity index (χ0v) is 15.7. The van der Waals surface area contributed by atoms with Crippen LogP contribution in [0.3, 0.4) is 0 Å². The minimum absolute atomic E-state index is 0.0176. The molecule has 2 aromatic heterocycles. The molecule has 0 spiro atoms. The minimum atomic E-state index is -0.346. The number of carbonyl (C=O) groups is 1. The number of hydrogen-bond donors (Lipinski definition) is 1. The van der Waals surface area contributed by atoms with Crippen LogP contribution in [0.25, 0.3) is 22.1 Å². The predicted octanol–water partition coefficient (Wildman–Crippen LogP) is 3.24. The van der Waals surface area contributed by atoms with Gasteiger partial charge in [-0.3, -0.25) is 4.79 Å². The van der Waals surface area contributed by atoms with Crippen molar-refractivity contribution in [3.63, 3.8) is 0 Å². The molecular weight excluding hydrogens is 356 g/mol. The Hall–Kier alpha value is -3.55. The number of esters is 1. The fourth-order valence-electron chi connectivity index (χ4n) is 3.01. The number of aryl methyl sites for hydroxylation is 1. The second-order valence-corrected chi connectivity index (χ2v) is 6.24. The van der Waals surface area contributed by atoms with Crippen molar-refractivity contribution in [3.05, 3.63) is 48.2 Å². The van der Waals surface area contributed by atoms with Gasteiger partial charge < -0.3 is 10.1 Å². The Morgan fingerprint density at radius 1 is 1.07 bits per heavy atom. The lowest BCUT2D eigenvalue weighted by Gasteiger charge is -2.11. The molecule has 4 aromatic rings. The molecule has 8 nitrogen and oxygen atoms in total. The predicted molar refractivity (Wildman–Crippen MR) is 106 cm³/mol. The summed E-state index contributed by atoms with van der Waals surface area (Å²) in [7, 11) is 0. The molecular formula is C20H20N6O2. The maximum atomic E-state index is 11.8. The first-order valence-corrected chi connectivity index (χ1v) is 9.19. The standard InChI is InChI=1S/C20H20N6O2/c1-3-14-20(23-16-8-6-5-7-15(16)22-14)21-13-9-10-17-18(11-13)26(25-24-17)12-19(27)28-4-2/h5-11H,3-4,12H2,1-2H3,(H,21,23). The van der Waals surface area contributed by atoms with Gasteiger partial charge in [-0.15, -0.1) is 5.10 Å². The number of para-hydroxylation sites is 2. The lowest BCUT2D eigenvalue weighted by molar-refractivity contribution is -0.143. The first-order valence-electron chi connectivity index (χ1n) is 9.19. The highest BCUT2D eigenvalue weighted by Gasteiger charge is 2.12. The summed E-state index contributed by atoms with van der Waals surface area (Å²) in [6, 6.07) is 13.4. The van der Waals surface area contributed by atoms with Gasteiger partial charge in [0, 0.05) is 5.69 Å². The second kappa shape index (κ2) is 7.59. The van der Waals surface area contributed by atoms with Crippen molar-refractivity contribution in [3.8, 4) is 0 Å². The van der Waals surface area contributed by atoms with Crippen LogP contribution in [-0.4, -0.2) is 37.5 Å². The summed E-state index contributed by atoms with van der Waals surface area (Å²) < 4.78 is 6.53. The molecule has 0 aliphatic heterocycles. The lowest BCUT2D eigenvalue weighted by Crippen LogP contribution is -2.14. The molecule has 0 aliphatic carbocycles. The zero-order valence-electron chi connectivity index (χ0n) is 15.7. The Balaban J connectivity index is 1.68. The van der Waals surface area contributed by atoms with Crippen LogP contribution in [0.1, 0.15) is 19.5 Å². The fraction of sp³-hybridized carbons (Fsp3) is 0.250. The van der Waals surface area contributed by atoms with Gasteiger partial charge in [-0.2, -0.15) is 0 Å². The Bertz CT molecular complexity index is 1150. The quantitative estimate of drug-likeness (QED) is 0.516. The normalized spacial score (nSPS) is 11.1. The van der Waals surface area contributed by atoms with Crippen molar-refractivity contribution < 1.29 is 9.53 Å². The number of nitrogens with zero attached hydrogens (tertiary/aromatic N) is 5. The van der Waals surface area contributed by atoms with E-state index in [0.29, 0.717) is 17.9 Å². The Labute approximate surface area is 161 Å². The summed E-state index contributed by atoms with van der Waals surface area (Å²) in [4.78, 5) is 21.2. The maximum absolute atomic E-state index is 11.8. The van der Waals surface area contributed by atoms with Crippen LogP contribution in [0.4, 0.5) is 11.5 Å². The van der Waals surface area contributed by atoms with Gasteiger partial charge in [0.05, 0.1) is 28.9 Å². The molecule has 142 valence electrons. The van der Waals surface area contributed by atoms with Gasteiger partial charge in [0.25, 0.3) is 0 Å². The van der Waals surface area contributed by atoms with Gasteiger partial charge >= 0.3 is 5.97 Å². The molecule has 0 bridgehead atoms. The summed E-state index contributed by atoms with van der Waals surface area (Å²) in [5.41, 5.74) is 4.85. The molecule has 0 aliphatic rings. The number of carbonyl (C=O) groups excluding carboxylic acids is 1. The number of rotatable bonds is 6. The maximum Gasteiger partial charge on any atom is 0.327 e. The second-order valence-electron chi connectivity index (χ2n) is 6.24. The van der Waals surface area contributed by atoms with Crippen molar-refractivity contribution >= 4 is 39.5 Å². The largest absolute Gasteiger partial charge is 0.465 e. The highest BCUT2D eigenvalue weighted by Crippen LogP contribution is 2.24. The van der Waals surface area contributed by atoms with Crippen molar-refractivity contribution in [1.82, 2.24) is 25.0 Å². The molecule has 0 saturated carbocycles. The van der Waals surface area contributed by atoms with Crippen LogP contribution in [-0.2, 0) is 22.5 Å². The third kappa shape index (κ3) is 3.48. The van der Waals surface area contributed by atoms with Crippen LogP contribution in [0.15, 0.2) is 42.5 Å². The summed E-state index contributed by atoms with van der Waals surface area (Å²) in [6.07, 6.45) is 0.755. The topological polar surface area (TPSA) is 94.8 Å². The van der Waals surface area contributed by atoms with E-state index in [4.69, 9.17) is 14.7 Å². The summed E-state index contributed by atoms with van der Waals surface area (Å²) in [5.74, 6) is 0.367. The number of ether oxygens (including phenoxy) is 1. The Morgan fingerprint density at radius 3 is 2.61 bits per heavy atom. The number of aromatic nitrogens is 5. The van der Waals surface area contributed by atoms with Crippen molar-refractivity contribution in [2.75, 3.05) is 11.9 Å². The van der Waals surface area contributed by atoms with E-state index in [-0.39, 0.29) is 12.5 Å². The molecule has 0 radical (unpaired) electrons. The summed E-state index contributed by atoms with van der Waals surface area (Å²) in [5, 5.41) is 11.5. The third-order valence-electron chi connectivity index (χ3n) is 4.34. The van der Waals surface area contributed by atoms with Crippen LogP contribution >= 0.6 is 0 Å². The third-order valence-corrected chi connectivity index (χ3v) is 4.34. The smallest absolute Gasteiger partial charge is 0.327 e. The Kier molecular flexibility index (Phi) is 4.84. The molecule has 28 heavy (non-hydrogen) atoms. The molecule has 2 heterocycles. The number of nitrogens with one attached hydrogen (secondary N) is 1. The highest BCUT2D eigenvalue weighted by atomic mass is 16.5. The number of fused-ring (bicyclic) bond motifs is 2. The summed E-state index contributed by atoms with van der Waals surface area (Å²) in [6.45, 7) is 4.17. The van der Waals surface area contributed by atoms with E-state index < -0.39 is 0 Å². The van der Waals surface area contributed by atoms with Gasteiger partial charge in [0.2, 0.25) is 0 Å². The fourth-order valence-corrected chi connectivity index (χ4v) is 3.01. The molecule has 0 atom stereocenters. The number of anilines is 2. The van der Waals surface area contributed by atoms with Gasteiger partial charge in [-0.1, -0.05) is 24.3 Å². The number of hydrogen-bond acceptors (Lipinski definition) is 7. The lowest BCUT2D eigenvalue weighted by atomic mass is 10.2. The van der Waals surface area contributed by atoms with Crippen molar-refractivity contribution in [2.24, 2.45) is 0 Å². The van der Waals surface area contributed by atoms with E-state index in [2.05, 4.69) is 15.6 Å². The van der Waals surface area contributed by atoms with Crippen LogP contribution in [0.5, 0.6) is 0 Å². The van der Waals surface area contributed by atoms with E-state index in [9.17, 15) is 4.79 Å². The zero-order chi connectivity index (χ0) is 19.5. The van der Waals surface area contributed by atoms with Gasteiger partial charge in [-0.25, -0.2) is 14.6 Å². The highest BCUT2D eigenvalue weighted by molar-refractivity contribution is 5.82. The molecule has 0 unspecified atom stereocenters. The van der Waals surface area contributed by atoms with Crippen LogP contribution in [0.2, 0.25) is 0 Å². The Morgan fingerprint density at radius 2 is 1.86 bits per heavy atom. The first kappa shape index (κ1) is 17.8. The number of benzene rings is 2. The SMILES string of the molecule is CCOC(=O)Cn1nnc2ccc(Nc3nc4ccccc4nc3CC)cc21. The van der Waals surface area contributed by atoms with Crippen LogP contribution in [0, 0.1) is 0 Å². The van der Waals surface area contributed by atoms with Gasteiger partial charge in [0.1, 0.15) is 12.1 Å². The van der Waals surface area contributed by atoms with E-state index in [0.717, 1.165) is 34.4 Å². The van der Waals surface area contributed by atoms with E-state index >= 15 is 0 Å². The average molecular weight is 376 g/mol. The summed E-state index contributed by atoms with van der Waals surface area (Å²) >= 11 is 0. The molecule has 0 saturated heterocycles. The van der Waals surface area contributed by atoms with Gasteiger partial charge in [-0.05, 0) is 43.7 Å². The molecule has 8 heteroatoms. The van der Waals surface area contributed by atoms with E-state index in [1.807, 2.05) is 49.4 Å². The monoisotopic (exact) mass is 376 g/mol. The average Bonchev–Trinajstić information content (AvgIpc) is 3.09. The molecule has 2 aromatic carbocycles. The van der Waals surface area contributed by atoms with Crippen LogP contribution < -0.4 is 5.32 Å². The van der Waals surface area contributed by atoms with E-state index in [1.165, 1.54) is 4.68 Å². The first-order chi connectivity index (χ1) is 13.7. The molecule has 0 amide bonds. The minimum Gasteiger partial charge on any atom is -0.465 e. The molecule has 4 rings (SSSR count).